The Morgan fingerprint density at radius 3 is 3.06 bits per heavy atom. The molecule has 2 fully saturated rings. The van der Waals surface area contributed by atoms with Crippen LogP contribution >= 0.6 is 0 Å². The van der Waals surface area contributed by atoms with Crippen molar-refractivity contribution in [2.75, 3.05) is 26.2 Å². The number of carboxylic acid groups (broad SMARTS) is 1. The monoisotopic (exact) mass is 226 g/mol. The highest BCUT2D eigenvalue weighted by atomic mass is 16.4. The summed E-state index contributed by atoms with van der Waals surface area (Å²) < 4.78 is 0. The van der Waals surface area contributed by atoms with Gasteiger partial charge in [-0.25, -0.2) is 4.79 Å². The third kappa shape index (κ3) is 2.03. The zero-order valence-electron chi connectivity index (χ0n) is 10.0. The van der Waals surface area contributed by atoms with Gasteiger partial charge in [-0.1, -0.05) is 19.8 Å². The molecule has 4 heteroatoms. The zero-order chi connectivity index (χ0) is 11.6. The fourth-order valence-corrected chi connectivity index (χ4v) is 3.25. The van der Waals surface area contributed by atoms with Gasteiger partial charge in [0.2, 0.25) is 0 Å². The van der Waals surface area contributed by atoms with Gasteiger partial charge < -0.3 is 15.3 Å². The van der Waals surface area contributed by atoms with E-state index in [-0.39, 0.29) is 5.41 Å². The minimum absolute atomic E-state index is 0.244. The molecule has 0 radical (unpaired) electrons. The number of unbranched alkanes of at least 4 members (excludes halogenated alkanes) is 1. The average molecular weight is 226 g/mol. The second-order valence-corrected chi connectivity index (χ2v) is 5.29. The Morgan fingerprint density at radius 1 is 1.62 bits per heavy atom. The molecular formula is C12H22N2O2. The molecule has 2 aliphatic heterocycles. The Labute approximate surface area is 97.0 Å². The highest BCUT2D eigenvalue weighted by Gasteiger charge is 2.47. The van der Waals surface area contributed by atoms with Gasteiger partial charge in [0, 0.05) is 25.0 Å². The topological polar surface area (TPSA) is 52.6 Å². The summed E-state index contributed by atoms with van der Waals surface area (Å²) in [6.45, 7) is 5.76. The van der Waals surface area contributed by atoms with Crippen LogP contribution in [0.15, 0.2) is 0 Å². The molecule has 0 aromatic carbocycles. The number of rotatable bonds is 3. The second-order valence-electron chi connectivity index (χ2n) is 5.29. The molecule has 1 spiro atoms. The molecule has 4 nitrogen and oxygen atoms in total. The average Bonchev–Trinajstić information content (AvgIpc) is 2.84. The highest BCUT2D eigenvalue weighted by molar-refractivity contribution is 5.65. The first-order valence-electron chi connectivity index (χ1n) is 6.36. The van der Waals surface area contributed by atoms with Crippen molar-refractivity contribution in [2.45, 2.75) is 32.6 Å². The van der Waals surface area contributed by atoms with Gasteiger partial charge in [0.15, 0.2) is 0 Å². The fourth-order valence-electron chi connectivity index (χ4n) is 3.25. The standard InChI is InChI=1S/C12H22N2O2/c1-2-3-4-10-7-13-8-12(10)5-6-14(9-12)11(15)16/h10,13H,2-9H2,1H3,(H,15,16). The number of hydrogen-bond acceptors (Lipinski definition) is 2. The normalized spacial score (nSPS) is 33.8. The summed E-state index contributed by atoms with van der Waals surface area (Å²) in [6, 6.07) is 0. The van der Waals surface area contributed by atoms with Gasteiger partial charge in [0.05, 0.1) is 0 Å². The Bertz CT molecular complexity index is 270. The summed E-state index contributed by atoms with van der Waals surface area (Å²) in [5, 5.41) is 12.5. The molecule has 0 aliphatic carbocycles. The summed E-state index contributed by atoms with van der Waals surface area (Å²) in [6.07, 6.45) is 4.03. The van der Waals surface area contributed by atoms with E-state index in [4.69, 9.17) is 5.11 Å². The molecule has 0 bridgehead atoms. The molecule has 2 saturated heterocycles. The van der Waals surface area contributed by atoms with Gasteiger partial charge in [-0.05, 0) is 25.3 Å². The van der Waals surface area contributed by atoms with Gasteiger partial charge in [0.25, 0.3) is 0 Å². The summed E-state index contributed by atoms with van der Waals surface area (Å²) in [4.78, 5) is 12.6. The lowest BCUT2D eigenvalue weighted by atomic mass is 9.75. The first-order chi connectivity index (χ1) is 7.68. The van der Waals surface area contributed by atoms with Crippen LogP contribution in [0.3, 0.4) is 0 Å². The lowest BCUT2D eigenvalue weighted by Gasteiger charge is -2.29. The number of hydrogen-bond donors (Lipinski definition) is 2. The summed E-state index contributed by atoms with van der Waals surface area (Å²) in [5.41, 5.74) is 0.244. The fraction of sp³-hybridized carbons (Fsp3) is 0.917. The van der Waals surface area contributed by atoms with E-state index in [1.165, 1.54) is 19.3 Å². The molecule has 2 atom stereocenters. The molecule has 0 aromatic rings. The second kappa shape index (κ2) is 4.62. The summed E-state index contributed by atoms with van der Waals surface area (Å²) in [7, 11) is 0. The number of carbonyl (C=O) groups is 1. The molecule has 2 aliphatic rings. The molecule has 16 heavy (non-hydrogen) atoms. The smallest absolute Gasteiger partial charge is 0.407 e. The first-order valence-corrected chi connectivity index (χ1v) is 6.36. The molecule has 2 unspecified atom stereocenters. The molecule has 2 heterocycles. The minimum Gasteiger partial charge on any atom is -0.465 e. The van der Waals surface area contributed by atoms with E-state index in [1.807, 2.05) is 0 Å². The number of likely N-dealkylation sites (tertiary alicyclic amines) is 1. The zero-order valence-corrected chi connectivity index (χ0v) is 10.0. The maximum absolute atomic E-state index is 11.0. The van der Waals surface area contributed by atoms with Crippen LogP contribution in [0, 0.1) is 11.3 Å². The van der Waals surface area contributed by atoms with E-state index in [9.17, 15) is 4.79 Å². The van der Waals surface area contributed by atoms with E-state index in [2.05, 4.69) is 12.2 Å². The van der Waals surface area contributed by atoms with E-state index >= 15 is 0 Å². The molecule has 0 aromatic heterocycles. The van der Waals surface area contributed by atoms with Crippen molar-refractivity contribution in [1.29, 1.82) is 0 Å². The minimum atomic E-state index is -0.752. The van der Waals surface area contributed by atoms with Crippen molar-refractivity contribution >= 4 is 6.09 Å². The molecule has 1 amide bonds. The predicted molar refractivity (Wildman–Crippen MR) is 62.5 cm³/mol. The Morgan fingerprint density at radius 2 is 2.44 bits per heavy atom. The molecule has 2 rings (SSSR count). The lowest BCUT2D eigenvalue weighted by Crippen LogP contribution is -2.36. The van der Waals surface area contributed by atoms with Crippen molar-refractivity contribution in [2.24, 2.45) is 11.3 Å². The molecular weight excluding hydrogens is 204 g/mol. The van der Waals surface area contributed by atoms with Crippen molar-refractivity contribution in [1.82, 2.24) is 10.2 Å². The largest absolute Gasteiger partial charge is 0.465 e. The van der Waals surface area contributed by atoms with Crippen LogP contribution in [-0.4, -0.2) is 42.3 Å². The van der Waals surface area contributed by atoms with Crippen LogP contribution < -0.4 is 5.32 Å². The highest BCUT2D eigenvalue weighted by Crippen LogP contribution is 2.42. The SMILES string of the molecule is CCCCC1CNCC12CCN(C(=O)O)C2. The van der Waals surface area contributed by atoms with Crippen LogP contribution in [0.2, 0.25) is 0 Å². The van der Waals surface area contributed by atoms with Gasteiger partial charge in [-0.3, -0.25) is 0 Å². The van der Waals surface area contributed by atoms with Gasteiger partial charge in [-0.2, -0.15) is 0 Å². The van der Waals surface area contributed by atoms with Crippen LogP contribution in [0.25, 0.3) is 0 Å². The molecule has 2 N–H and O–H groups in total. The van der Waals surface area contributed by atoms with Crippen LogP contribution in [0.1, 0.15) is 32.6 Å². The van der Waals surface area contributed by atoms with Crippen LogP contribution in [0.5, 0.6) is 0 Å². The van der Waals surface area contributed by atoms with Gasteiger partial charge in [-0.15, -0.1) is 0 Å². The van der Waals surface area contributed by atoms with Crippen molar-refractivity contribution < 1.29 is 9.90 Å². The third-order valence-electron chi connectivity index (χ3n) is 4.30. The summed E-state index contributed by atoms with van der Waals surface area (Å²) >= 11 is 0. The predicted octanol–water partition coefficient (Wildman–Crippen LogP) is 1.77. The van der Waals surface area contributed by atoms with Crippen molar-refractivity contribution in [3.05, 3.63) is 0 Å². The van der Waals surface area contributed by atoms with E-state index < -0.39 is 6.09 Å². The van der Waals surface area contributed by atoms with Gasteiger partial charge in [0.1, 0.15) is 0 Å². The Hall–Kier alpha value is -0.770. The number of nitrogens with zero attached hydrogens (tertiary/aromatic N) is 1. The Kier molecular flexibility index (Phi) is 3.38. The van der Waals surface area contributed by atoms with Crippen molar-refractivity contribution in [3.63, 3.8) is 0 Å². The third-order valence-corrected chi connectivity index (χ3v) is 4.30. The van der Waals surface area contributed by atoms with Crippen LogP contribution in [0.4, 0.5) is 4.79 Å². The van der Waals surface area contributed by atoms with Crippen molar-refractivity contribution in [3.8, 4) is 0 Å². The Balaban J connectivity index is 1.98. The molecule has 0 saturated carbocycles. The van der Waals surface area contributed by atoms with E-state index in [1.54, 1.807) is 4.90 Å². The van der Waals surface area contributed by atoms with E-state index in [0.717, 1.165) is 32.6 Å². The van der Waals surface area contributed by atoms with E-state index in [0.29, 0.717) is 5.92 Å². The maximum atomic E-state index is 11.0. The molecule has 92 valence electrons. The number of amides is 1. The quantitative estimate of drug-likeness (QED) is 0.771. The van der Waals surface area contributed by atoms with Crippen LogP contribution in [-0.2, 0) is 0 Å². The van der Waals surface area contributed by atoms with Gasteiger partial charge >= 0.3 is 6.09 Å². The lowest BCUT2D eigenvalue weighted by molar-refractivity contribution is 0.143. The maximum Gasteiger partial charge on any atom is 0.407 e. The summed E-state index contributed by atoms with van der Waals surface area (Å²) in [5.74, 6) is 0.678. The number of nitrogens with one attached hydrogen (secondary N) is 1. The first kappa shape index (κ1) is 11.7.